The van der Waals surface area contributed by atoms with Crippen molar-refractivity contribution in [2.45, 2.75) is 26.4 Å². The van der Waals surface area contributed by atoms with Crippen molar-refractivity contribution in [3.8, 4) is 5.88 Å². The second kappa shape index (κ2) is 6.86. The van der Waals surface area contributed by atoms with Crippen molar-refractivity contribution in [3.05, 3.63) is 42.1 Å². The van der Waals surface area contributed by atoms with Crippen LogP contribution in [0, 0.1) is 0 Å². The molecule has 0 saturated heterocycles. The van der Waals surface area contributed by atoms with E-state index in [-0.39, 0.29) is 6.10 Å². The molecule has 0 spiro atoms. The molecule has 0 aliphatic rings. The first-order valence-corrected chi connectivity index (χ1v) is 6.73. The van der Waals surface area contributed by atoms with Crippen molar-refractivity contribution in [3.63, 3.8) is 0 Å². The Morgan fingerprint density at radius 3 is 2.60 bits per heavy atom. The van der Waals surface area contributed by atoms with Crippen LogP contribution in [-0.4, -0.2) is 22.6 Å². The average molecular weight is 272 g/mol. The maximum absolute atomic E-state index is 5.54. The maximum Gasteiger partial charge on any atom is 0.230 e. The van der Waals surface area contributed by atoms with Crippen LogP contribution in [-0.2, 0) is 6.42 Å². The van der Waals surface area contributed by atoms with Gasteiger partial charge in [0, 0.05) is 18.0 Å². The van der Waals surface area contributed by atoms with Crippen molar-refractivity contribution < 1.29 is 4.74 Å². The molecule has 0 atom stereocenters. The van der Waals surface area contributed by atoms with Crippen molar-refractivity contribution in [2.24, 2.45) is 5.73 Å². The topological polar surface area (TPSA) is 73.1 Å². The number of hydrogen-bond acceptors (Lipinski definition) is 5. The SMILES string of the molecule is CC(C)Oc1ccnc(Nc2ccc(CCN)cc2)n1. The predicted molar refractivity (Wildman–Crippen MR) is 80.3 cm³/mol. The van der Waals surface area contributed by atoms with Gasteiger partial charge in [-0.3, -0.25) is 0 Å². The second-order valence-electron chi connectivity index (χ2n) is 4.75. The summed E-state index contributed by atoms with van der Waals surface area (Å²) in [4.78, 5) is 8.48. The molecule has 1 aromatic carbocycles. The van der Waals surface area contributed by atoms with Gasteiger partial charge in [-0.15, -0.1) is 0 Å². The fraction of sp³-hybridized carbons (Fsp3) is 0.333. The van der Waals surface area contributed by atoms with Crippen LogP contribution in [0.5, 0.6) is 5.88 Å². The first-order valence-electron chi connectivity index (χ1n) is 6.73. The summed E-state index contributed by atoms with van der Waals surface area (Å²) in [5.41, 5.74) is 7.68. The molecule has 0 unspecified atom stereocenters. The summed E-state index contributed by atoms with van der Waals surface area (Å²) in [6.07, 6.45) is 2.65. The van der Waals surface area contributed by atoms with E-state index in [1.807, 2.05) is 38.1 Å². The smallest absolute Gasteiger partial charge is 0.230 e. The van der Waals surface area contributed by atoms with Gasteiger partial charge in [0.15, 0.2) is 0 Å². The summed E-state index contributed by atoms with van der Waals surface area (Å²) in [6, 6.07) is 9.82. The molecule has 106 valence electrons. The average Bonchev–Trinajstić information content (AvgIpc) is 2.41. The molecule has 1 aromatic heterocycles. The summed E-state index contributed by atoms with van der Waals surface area (Å²) in [7, 11) is 0. The molecule has 0 aliphatic heterocycles. The Morgan fingerprint density at radius 1 is 1.20 bits per heavy atom. The Morgan fingerprint density at radius 2 is 1.95 bits per heavy atom. The highest BCUT2D eigenvalue weighted by Gasteiger charge is 2.03. The lowest BCUT2D eigenvalue weighted by Gasteiger charge is -2.10. The summed E-state index contributed by atoms with van der Waals surface area (Å²) in [5.74, 6) is 1.09. The number of rotatable bonds is 6. The third-order valence-corrected chi connectivity index (χ3v) is 2.63. The molecule has 0 bridgehead atoms. The number of ether oxygens (including phenoxy) is 1. The van der Waals surface area contributed by atoms with Crippen molar-refractivity contribution >= 4 is 11.6 Å². The Balaban J connectivity index is 2.05. The van der Waals surface area contributed by atoms with Crippen LogP contribution < -0.4 is 15.8 Å². The zero-order valence-corrected chi connectivity index (χ0v) is 11.8. The molecular weight excluding hydrogens is 252 g/mol. The van der Waals surface area contributed by atoms with Crippen LogP contribution in [0.25, 0.3) is 0 Å². The zero-order valence-electron chi connectivity index (χ0n) is 11.8. The lowest BCUT2D eigenvalue weighted by molar-refractivity contribution is 0.232. The predicted octanol–water partition coefficient (Wildman–Crippen LogP) is 2.51. The Labute approximate surface area is 119 Å². The van der Waals surface area contributed by atoms with Gasteiger partial charge in [0.1, 0.15) is 0 Å². The molecule has 2 rings (SSSR count). The molecule has 0 radical (unpaired) electrons. The minimum absolute atomic E-state index is 0.0910. The van der Waals surface area contributed by atoms with Gasteiger partial charge in [-0.2, -0.15) is 4.98 Å². The number of nitrogens with zero attached hydrogens (tertiary/aromatic N) is 2. The third kappa shape index (κ3) is 4.20. The number of hydrogen-bond donors (Lipinski definition) is 2. The van der Waals surface area contributed by atoms with Gasteiger partial charge < -0.3 is 15.8 Å². The number of nitrogens with two attached hydrogens (primary N) is 1. The van der Waals surface area contributed by atoms with Gasteiger partial charge >= 0.3 is 0 Å². The number of aromatic nitrogens is 2. The first-order chi connectivity index (χ1) is 9.67. The molecule has 2 aromatic rings. The minimum atomic E-state index is 0.0910. The van der Waals surface area contributed by atoms with Crippen LogP contribution in [0.1, 0.15) is 19.4 Å². The van der Waals surface area contributed by atoms with E-state index in [0.29, 0.717) is 18.4 Å². The van der Waals surface area contributed by atoms with Crippen molar-refractivity contribution in [1.82, 2.24) is 9.97 Å². The van der Waals surface area contributed by atoms with E-state index in [0.717, 1.165) is 12.1 Å². The fourth-order valence-corrected chi connectivity index (χ4v) is 1.76. The largest absolute Gasteiger partial charge is 0.475 e. The first kappa shape index (κ1) is 14.3. The van der Waals surface area contributed by atoms with Gasteiger partial charge in [-0.25, -0.2) is 4.98 Å². The minimum Gasteiger partial charge on any atom is -0.475 e. The van der Waals surface area contributed by atoms with Crippen LogP contribution in [0.4, 0.5) is 11.6 Å². The standard InChI is InChI=1S/C15H20N4O/c1-11(2)20-14-8-10-17-15(19-14)18-13-5-3-12(4-6-13)7-9-16/h3-6,8,10-11H,7,9,16H2,1-2H3,(H,17,18,19). The highest BCUT2D eigenvalue weighted by atomic mass is 16.5. The molecule has 0 fully saturated rings. The Bertz CT molecular complexity index is 540. The fourth-order valence-electron chi connectivity index (χ4n) is 1.76. The van der Waals surface area contributed by atoms with E-state index in [9.17, 15) is 0 Å². The van der Waals surface area contributed by atoms with Crippen molar-refractivity contribution in [1.29, 1.82) is 0 Å². The number of anilines is 2. The van der Waals surface area contributed by atoms with Gasteiger partial charge in [-0.05, 0) is 44.5 Å². The zero-order chi connectivity index (χ0) is 14.4. The summed E-state index contributed by atoms with van der Waals surface area (Å²) < 4.78 is 5.54. The second-order valence-corrected chi connectivity index (χ2v) is 4.75. The van der Waals surface area contributed by atoms with E-state index >= 15 is 0 Å². The van der Waals surface area contributed by atoms with Gasteiger partial charge in [0.2, 0.25) is 11.8 Å². The summed E-state index contributed by atoms with van der Waals surface area (Å²) in [6.45, 7) is 4.58. The molecule has 0 saturated carbocycles. The lowest BCUT2D eigenvalue weighted by atomic mass is 10.1. The van der Waals surface area contributed by atoms with Gasteiger partial charge in [-0.1, -0.05) is 12.1 Å². The molecule has 5 nitrogen and oxygen atoms in total. The van der Waals surface area contributed by atoms with E-state index in [2.05, 4.69) is 15.3 Å². The highest BCUT2D eigenvalue weighted by Crippen LogP contribution is 2.16. The van der Waals surface area contributed by atoms with E-state index in [1.54, 1.807) is 12.3 Å². The number of nitrogens with one attached hydrogen (secondary N) is 1. The van der Waals surface area contributed by atoms with E-state index in [4.69, 9.17) is 10.5 Å². The molecule has 0 amide bonds. The highest BCUT2D eigenvalue weighted by molar-refractivity contribution is 5.53. The van der Waals surface area contributed by atoms with Crippen LogP contribution in [0.2, 0.25) is 0 Å². The van der Waals surface area contributed by atoms with E-state index < -0.39 is 0 Å². The molecule has 5 heteroatoms. The van der Waals surface area contributed by atoms with Crippen LogP contribution in [0.3, 0.4) is 0 Å². The van der Waals surface area contributed by atoms with Crippen LogP contribution in [0.15, 0.2) is 36.5 Å². The molecule has 1 heterocycles. The lowest BCUT2D eigenvalue weighted by Crippen LogP contribution is -2.08. The maximum atomic E-state index is 5.54. The number of benzene rings is 1. The Kier molecular flexibility index (Phi) is 4.90. The Hall–Kier alpha value is -2.14. The summed E-state index contributed by atoms with van der Waals surface area (Å²) in [5, 5.41) is 3.15. The molecule has 3 N–H and O–H groups in total. The van der Waals surface area contributed by atoms with Crippen LogP contribution >= 0.6 is 0 Å². The molecule has 20 heavy (non-hydrogen) atoms. The van der Waals surface area contributed by atoms with Crippen molar-refractivity contribution in [2.75, 3.05) is 11.9 Å². The quantitative estimate of drug-likeness (QED) is 0.845. The summed E-state index contributed by atoms with van der Waals surface area (Å²) >= 11 is 0. The van der Waals surface area contributed by atoms with E-state index in [1.165, 1.54) is 5.56 Å². The van der Waals surface area contributed by atoms with Gasteiger partial charge in [0.25, 0.3) is 0 Å². The molecular formula is C15H20N4O. The monoisotopic (exact) mass is 272 g/mol. The third-order valence-electron chi connectivity index (χ3n) is 2.63. The molecule has 0 aliphatic carbocycles. The normalized spacial score (nSPS) is 10.6. The van der Waals surface area contributed by atoms with Gasteiger partial charge in [0.05, 0.1) is 6.10 Å².